The van der Waals surface area contributed by atoms with Gasteiger partial charge in [0, 0.05) is 12.6 Å². The van der Waals surface area contributed by atoms with Crippen molar-refractivity contribution in [1.29, 1.82) is 0 Å². The molecular formula is C8H16N2O2. The predicted molar refractivity (Wildman–Crippen MR) is 45.6 cm³/mol. The Morgan fingerprint density at radius 1 is 1.67 bits per heavy atom. The lowest BCUT2D eigenvalue weighted by molar-refractivity contribution is -0.124. The van der Waals surface area contributed by atoms with Gasteiger partial charge in [0.25, 0.3) is 0 Å². The number of nitrogens with one attached hydrogen (secondary N) is 1. The Hall–Kier alpha value is -0.610. The number of rotatable bonds is 3. The van der Waals surface area contributed by atoms with Crippen LogP contribution >= 0.6 is 0 Å². The molecule has 4 heteroatoms. The zero-order valence-corrected chi connectivity index (χ0v) is 7.38. The number of carbonyl (C=O) groups is 1. The van der Waals surface area contributed by atoms with E-state index in [0.29, 0.717) is 6.04 Å². The lowest BCUT2D eigenvalue weighted by Crippen LogP contribution is -2.41. The number of piperidine rings is 1. The van der Waals surface area contributed by atoms with Gasteiger partial charge in [-0.25, -0.2) is 0 Å². The molecule has 0 spiro atoms. The molecule has 1 fully saturated rings. The molecule has 1 aliphatic heterocycles. The summed E-state index contributed by atoms with van der Waals surface area (Å²) in [6, 6.07) is 0.568. The third kappa shape index (κ3) is 3.19. The minimum absolute atomic E-state index is 0.0424. The highest BCUT2D eigenvalue weighted by molar-refractivity contribution is 5.75. The first-order chi connectivity index (χ1) is 5.68. The second-order valence-electron chi connectivity index (χ2n) is 3.29. The van der Waals surface area contributed by atoms with Gasteiger partial charge in [-0.3, -0.25) is 4.79 Å². The lowest BCUT2D eigenvalue weighted by atomic mass is 10.0. The summed E-state index contributed by atoms with van der Waals surface area (Å²) in [5.74, 6) is -0.395. The number of ether oxygens (including phenoxy) is 1. The van der Waals surface area contributed by atoms with Gasteiger partial charge < -0.3 is 15.8 Å². The number of carbonyl (C=O) groups excluding carboxylic acids is 1. The second kappa shape index (κ2) is 4.42. The minimum atomic E-state index is -0.395. The van der Waals surface area contributed by atoms with Crippen LogP contribution in [0.4, 0.5) is 0 Å². The fourth-order valence-corrected chi connectivity index (χ4v) is 1.31. The van der Waals surface area contributed by atoms with Gasteiger partial charge in [0.1, 0.15) is 6.61 Å². The topological polar surface area (TPSA) is 64.3 Å². The van der Waals surface area contributed by atoms with E-state index in [4.69, 9.17) is 10.5 Å². The van der Waals surface area contributed by atoms with Gasteiger partial charge in [-0.05, 0) is 19.8 Å². The van der Waals surface area contributed by atoms with E-state index in [-0.39, 0.29) is 12.7 Å². The minimum Gasteiger partial charge on any atom is -0.368 e. The van der Waals surface area contributed by atoms with Gasteiger partial charge >= 0.3 is 0 Å². The van der Waals surface area contributed by atoms with Crippen LogP contribution in [0, 0.1) is 0 Å². The third-order valence-corrected chi connectivity index (χ3v) is 2.08. The fraction of sp³-hybridized carbons (Fsp3) is 0.875. The molecule has 3 N–H and O–H groups in total. The number of primary amides is 1. The van der Waals surface area contributed by atoms with Crippen LogP contribution in [0.15, 0.2) is 0 Å². The van der Waals surface area contributed by atoms with Crippen molar-refractivity contribution in [1.82, 2.24) is 5.32 Å². The third-order valence-electron chi connectivity index (χ3n) is 2.08. The van der Waals surface area contributed by atoms with Crippen LogP contribution in [0.1, 0.15) is 19.8 Å². The summed E-state index contributed by atoms with van der Waals surface area (Å²) in [5, 5.41) is 3.28. The molecule has 1 rings (SSSR count). The van der Waals surface area contributed by atoms with Crippen molar-refractivity contribution >= 4 is 5.91 Å². The fourth-order valence-electron chi connectivity index (χ4n) is 1.31. The zero-order valence-electron chi connectivity index (χ0n) is 7.38. The highest BCUT2D eigenvalue weighted by Gasteiger charge is 2.17. The molecule has 0 aromatic heterocycles. The van der Waals surface area contributed by atoms with Gasteiger partial charge in [-0.2, -0.15) is 0 Å². The molecule has 0 radical (unpaired) electrons. The molecule has 4 nitrogen and oxygen atoms in total. The van der Waals surface area contributed by atoms with Crippen LogP contribution in [0.25, 0.3) is 0 Å². The molecule has 0 aliphatic carbocycles. The van der Waals surface area contributed by atoms with Crippen LogP contribution in [0.5, 0.6) is 0 Å². The largest absolute Gasteiger partial charge is 0.368 e. The average molecular weight is 172 g/mol. The van der Waals surface area contributed by atoms with Crippen molar-refractivity contribution in [2.24, 2.45) is 5.73 Å². The van der Waals surface area contributed by atoms with Gasteiger partial charge in [-0.15, -0.1) is 0 Å². The van der Waals surface area contributed by atoms with E-state index in [1.807, 2.05) is 0 Å². The molecule has 0 bridgehead atoms. The number of hydrogen-bond acceptors (Lipinski definition) is 3. The smallest absolute Gasteiger partial charge is 0.243 e. The molecule has 1 amide bonds. The molecular weight excluding hydrogens is 156 g/mol. The molecule has 12 heavy (non-hydrogen) atoms. The highest BCUT2D eigenvalue weighted by Crippen LogP contribution is 2.10. The lowest BCUT2D eigenvalue weighted by Gasteiger charge is -2.27. The molecule has 1 aliphatic rings. The van der Waals surface area contributed by atoms with Crippen molar-refractivity contribution in [2.75, 3.05) is 13.2 Å². The van der Waals surface area contributed by atoms with Crippen LogP contribution in [-0.4, -0.2) is 31.2 Å². The van der Waals surface area contributed by atoms with Crippen molar-refractivity contribution in [2.45, 2.75) is 31.9 Å². The molecule has 2 unspecified atom stereocenters. The molecule has 1 heterocycles. The maximum atomic E-state index is 10.4. The van der Waals surface area contributed by atoms with E-state index in [9.17, 15) is 4.79 Å². The maximum Gasteiger partial charge on any atom is 0.243 e. The van der Waals surface area contributed by atoms with E-state index < -0.39 is 5.91 Å². The molecule has 2 atom stereocenters. The van der Waals surface area contributed by atoms with Gasteiger partial charge in [0.05, 0.1) is 6.10 Å². The SMILES string of the molecule is CC1CCC(OCC(N)=O)CN1. The summed E-state index contributed by atoms with van der Waals surface area (Å²) < 4.78 is 5.26. The summed E-state index contributed by atoms with van der Waals surface area (Å²) >= 11 is 0. The van der Waals surface area contributed by atoms with Crippen molar-refractivity contribution in [3.63, 3.8) is 0 Å². The Labute approximate surface area is 72.5 Å². The first-order valence-electron chi connectivity index (χ1n) is 4.32. The normalized spacial score (nSPS) is 30.1. The Bertz CT molecular complexity index is 153. The standard InChI is InChI=1S/C8H16N2O2/c1-6-2-3-7(4-10-6)12-5-8(9)11/h6-7,10H,2-5H2,1H3,(H2,9,11). The van der Waals surface area contributed by atoms with Crippen LogP contribution < -0.4 is 11.1 Å². The quantitative estimate of drug-likeness (QED) is 0.610. The van der Waals surface area contributed by atoms with Crippen molar-refractivity contribution in [3.05, 3.63) is 0 Å². The Morgan fingerprint density at radius 2 is 2.42 bits per heavy atom. The summed E-state index contributed by atoms with van der Waals surface area (Å²) in [7, 11) is 0. The summed E-state index contributed by atoms with van der Waals surface area (Å²) in [6.07, 6.45) is 2.28. The predicted octanol–water partition coefficient (Wildman–Crippen LogP) is -0.371. The van der Waals surface area contributed by atoms with Crippen LogP contribution in [0.2, 0.25) is 0 Å². The second-order valence-corrected chi connectivity index (χ2v) is 3.29. The van der Waals surface area contributed by atoms with E-state index in [1.54, 1.807) is 0 Å². The van der Waals surface area contributed by atoms with Crippen molar-refractivity contribution < 1.29 is 9.53 Å². The van der Waals surface area contributed by atoms with Gasteiger partial charge in [0.15, 0.2) is 0 Å². The van der Waals surface area contributed by atoms with Crippen molar-refractivity contribution in [3.8, 4) is 0 Å². The highest BCUT2D eigenvalue weighted by atomic mass is 16.5. The van der Waals surface area contributed by atoms with Gasteiger partial charge in [0.2, 0.25) is 5.91 Å². The average Bonchev–Trinajstić information content (AvgIpc) is 2.03. The van der Waals surface area contributed by atoms with E-state index >= 15 is 0 Å². The molecule has 0 aromatic rings. The number of nitrogens with two attached hydrogens (primary N) is 1. The van der Waals surface area contributed by atoms with Crippen LogP contribution in [0.3, 0.4) is 0 Å². The van der Waals surface area contributed by atoms with Gasteiger partial charge in [-0.1, -0.05) is 0 Å². The Morgan fingerprint density at radius 3 is 2.92 bits per heavy atom. The maximum absolute atomic E-state index is 10.4. The molecule has 0 saturated carbocycles. The molecule has 70 valence electrons. The first-order valence-corrected chi connectivity index (χ1v) is 4.32. The summed E-state index contributed by atoms with van der Waals surface area (Å²) in [4.78, 5) is 10.4. The number of hydrogen-bond donors (Lipinski definition) is 2. The first kappa shape index (κ1) is 9.48. The monoisotopic (exact) mass is 172 g/mol. The van der Waals surface area contributed by atoms with E-state index in [0.717, 1.165) is 19.4 Å². The molecule has 0 aromatic carbocycles. The number of amides is 1. The zero-order chi connectivity index (χ0) is 8.97. The summed E-state index contributed by atoms with van der Waals surface area (Å²) in [6.45, 7) is 3.01. The van der Waals surface area contributed by atoms with E-state index in [2.05, 4.69) is 12.2 Å². The Kier molecular flexibility index (Phi) is 3.49. The Balaban J connectivity index is 2.13. The van der Waals surface area contributed by atoms with Crippen LogP contribution in [-0.2, 0) is 9.53 Å². The summed E-state index contributed by atoms with van der Waals surface area (Å²) in [5.41, 5.74) is 4.95. The van der Waals surface area contributed by atoms with E-state index in [1.165, 1.54) is 0 Å². The molecule has 1 saturated heterocycles.